The summed E-state index contributed by atoms with van der Waals surface area (Å²) in [4.78, 5) is 11.9. The van der Waals surface area contributed by atoms with E-state index in [1.807, 2.05) is 0 Å². The second-order valence-corrected chi connectivity index (χ2v) is 5.23. The summed E-state index contributed by atoms with van der Waals surface area (Å²) in [6.45, 7) is 4.50. The van der Waals surface area contributed by atoms with E-state index in [-0.39, 0.29) is 0 Å². The third kappa shape index (κ3) is 4.81. The molecule has 1 rings (SSSR count). The second-order valence-electron chi connectivity index (χ2n) is 5.23. The summed E-state index contributed by atoms with van der Waals surface area (Å²) < 4.78 is 0. The molecule has 1 nitrogen and oxygen atoms in total. The Bertz CT molecular complexity index is 180. The highest BCUT2D eigenvalue weighted by atomic mass is 16.1. The molecule has 1 heteroatoms. The number of rotatable bonds is 6. The van der Waals surface area contributed by atoms with Crippen molar-refractivity contribution in [2.24, 2.45) is 11.8 Å². The summed E-state index contributed by atoms with van der Waals surface area (Å²) in [5.41, 5.74) is 0. The smallest absolute Gasteiger partial charge is 0.135 e. The quantitative estimate of drug-likeness (QED) is 0.637. The van der Waals surface area contributed by atoms with E-state index in [0.717, 1.165) is 18.8 Å². The summed E-state index contributed by atoms with van der Waals surface area (Å²) in [6, 6.07) is 0. The van der Waals surface area contributed by atoms with Crippen LogP contribution in [0.3, 0.4) is 0 Å². The van der Waals surface area contributed by atoms with Gasteiger partial charge in [0.05, 0.1) is 0 Å². The summed E-state index contributed by atoms with van der Waals surface area (Å²) in [7, 11) is 0. The molecule has 1 atom stereocenters. The fourth-order valence-corrected chi connectivity index (χ4v) is 2.65. The Balaban J connectivity index is 2.16. The summed E-state index contributed by atoms with van der Waals surface area (Å²) in [6.07, 6.45) is 10.7. The molecule has 0 saturated heterocycles. The second kappa shape index (κ2) is 7.03. The molecule has 0 aliphatic heterocycles. The fourth-order valence-electron chi connectivity index (χ4n) is 2.65. The van der Waals surface area contributed by atoms with Crippen molar-refractivity contribution in [3.63, 3.8) is 0 Å². The summed E-state index contributed by atoms with van der Waals surface area (Å²) >= 11 is 0. The van der Waals surface area contributed by atoms with Gasteiger partial charge in [0.15, 0.2) is 0 Å². The largest absolute Gasteiger partial charge is 0.299 e. The average Bonchev–Trinajstić information content (AvgIpc) is 2.27. The maximum absolute atomic E-state index is 11.9. The molecular formula is C14H26O. The van der Waals surface area contributed by atoms with Gasteiger partial charge < -0.3 is 0 Å². The number of ketones is 1. The van der Waals surface area contributed by atoms with Crippen LogP contribution in [0.4, 0.5) is 0 Å². The Labute approximate surface area is 94.6 Å². The van der Waals surface area contributed by atoms with Gasteiger partial charge in [0.25, 0.3) is 0 Å². The van der Waals surface area contributed by atoms with Crippen LogP contribution in [0.5, 0.6) is 0 Å². The van der Waals surface area contributed by atoms with E-state index < -0.39 is 0 Å². The Hall–Kier alpha value is -0.330. The van der Waals surface area contributed by atoms with Gasteiger partial charge in [-0.3, -0.25) is 4.79 Å². The summed E-state index contributed by atoms with van der Waals surface area (Å²) in [5.74, 6) is 1.72. The van der Waals surface area contributed by atoms with E-state index in [2.05, 4.69) is 13.8 Å². The number of hydrogen-bond donors (Lipinski definition) is 0. The van der Waals surface area contributed by atoms with Crippen molar-refractivity contribution in [1.82, 2.24) is 0 Å². The van der Waals surface area contributed by atoms with Crippen molar-refractivity contribution in [1.29, 1.82) is 0 Å². The van der Waals surface area contributed by atoms with Crippen molar-refractivity contribution in [2.75, 3.05) is 0 Å². The lowest BCUT2D eigenvalue weighted by Crippen LogP contribution is -2.18. The molecule has 0 spiro atoms. The fraction of sp³-hybridized carbons (Fsp3) is 0.929. The lowest BCUT2D eigenvalue weighted by atomic mass is 9.84. The first-order valence-corrected chi connectivity index (χ1v) is 6.76. The SMILES string of the molecule is CCCC(C)CCC(=O)C1CCCCC1. The number of hydrogen-bond acceptors (Lipinski definition) is 1. The predicted molar refractivity (Wildman–Crippen MR) is 64.9 cm³/mol. The maximum Gasteiger partial charge on any atom is 0.135 e. The van der Waals surface area contributed by atoms with Crippen molar-refractivity contribution in [3.8, 4) is 0 Å². The van der Waals surface area contributed by atoms with Gasteiger partial charge in [-0.1, -0.05) is 46.0 Å². The molecule has 1 aliphatic rings. The van der Waals surface area contributed by atoms with Crippen molar-refractivity contribution >= 4 is 5.78 Å². The van der Waals surface area contributed by atoms with Gasteiger partial charge in [-0.05, 0) is 25.2 Å². The maximum atomic E-state index is 11.9. The topological polar surface area (TPSA) is 17.1 Å². The van der Waals surface area contributed by atoms with Crippen LogP contribution in [0.2, 0.25) is 0 Å². The molecule has 0 bridgehead atoms. The molecule has 0 heterocycles. The van der Waals surface area contributed by atoms with Gasteiger partial charge in [-0.15, -0.1) is 0 Å². The van der Waals surface area contributed by atoms with Crippen LogP contribution >= 0.6 is 0 Å². The van der Waals surface area contributed by atoms with Crippen LogP contribution in [0.15, 0.2) is 0 Å². The molecule has 1 fully saturated rings. The molecule has 0 aromatic rings. The Morgan fingerprint density at radius 2 is 1.87 bits per heavy atom. The van der Waals surface area contributed by atoms with Gasteiger partial charge in [-0.2, -0.15) is 0 Å². The highest BCUT2D eigenvalue weighted by molar-refractivity contribution is 5.81. The Kier molecular flexibility index (Phi) is 5.97. The zero-order valence-corrected chi connectivity index (χ0v) is 10.4. The van der Waals surface area contributed by atoms with Crippen molar-refractivity contribution in [2.45, 2.75) is 71.6 Å². The van der Waals surface area contributed by atoms with Crippen molar-refractivity contribution < 1.29 is 4.79 Å². The van der Waals surface area contributed by atoms with E-state index in [1.54, 1.807) is 0 Å². The molecule has 0 amide bonds. The third-order valence-corrected chi connectivity index (χ3v) is 3.73. The molecule has 1 aliphatic carbocycles. The van der Waals surface area contributed by atoms with Gasteiger partial charge in [-0.25, -0.2) is 0 Å². The molecule has 1 saturated carbocycles. The first-order valence-electron chi connectivity index (χ1n) is 6.76. The first-order chi connectivity index (χ1) is 7.24. The monoisotopic (exact) mass is 210 g/mol. The Morgan fingerprint density at radius 3 is 2.47 bits per heavy atom. The van der Waals surface area contributed by atoms with Crippen LogP contribution in [0.25, 0.3) is 0 Å². The highest BCUT2D eigenvalue weighted by Crippen LogP contribution is 2.26. The van der Waals surface area contributed by atoms with Gasteiger partial charge in [0.1, 0.15) is 5.78 Å². The molecular weight excluding hydrogens is 184 g/mol. The molecule has 1 unspecified atom stereocenters. The summed E-state index contributed by atoms with van der Waals surface area (Å²) in [5, 5.41) is 0. The van der Waals surface area contributed by atoms with E-state index in [0.29, 0.717) is 11.7 Å². The Morgan fingerprint density at radius 1 is 1.20 bits per heavy atom. The molecule has 0 radical (unpaired) electrons. The first kappa shape index (κ1) is 12.7. The lowest BCUT2D eigenvalue weighted by molar-refractivity contribution is -0.124. The predicted octanol–water partition coefficient (Wildman–Crippen LogP) is 4.35. The van der Waals surface area contributed by atoms with Crippen LogP contribution in [0, 0.1) is 11.8 Å². The minimum Gasteiger partial charge on any atom is -0.299 e. The third-order valence-electron chi connectivity index (χ3n) is 3.73. The van der Waals surface area contributed by atoms with Crippen LogP contribution in [-0.2, 0) is 4.79 Å². The number of Topliss-reactive ketones (excluding diaryl/α,β-unsaturated/α-hetero) is 1. The molecule has 0 aromatic carbocycles. The van der Waals surface area contributed by atoms with Crippen LogP contribution in [0.1, 0.15) is 71.6 Å². The minimum absolute atomic E-state index is 0.424. The van der Waals surface area contributed by atoms with Gasteiger partial charge in [0, 0.05) is 12.3 Å². The zero-order chi connectivity index (χ0) is 11.1. The molecule has 0 aromatic heterocycles. The average molecular weight is 210 g/mol. The number of carbonyl (C=O) groups is 1. The lowest BCUT2D eigenvalue weighted by Gasteiger charge is -2.20. The van der Waals surface area contributed by atoms with Gasteiger partial charge in [0.2, 0.25) is 0 Å². The molecule has 0 N–H and O–H groups in total. The highest BCUT2D eigenvalue weighted by Gasteiger charge is 2.20. The van der Waals surface area contributed by atoms with Gasteiger partial charge >= 0.3 is 0 Å². The van der Waals surface area contributed by atoms with E-state index in [1.165, 1.54) is 44.9 Å². The number of carbonyl (C=O) groups excluding carboxylic acids is 1. The molecule has 15 heavy (non-hydrogen) atoms. The zero-order valence-electron chi connectivity index (χ0n) is 10.4. The van der Waals surface area contributed by atoms with E-state index >= 15 is 0 Å². The standard InChI is InChI=1S/C14H26O/c1-3-7-12(2)10-11-14(15)13-8-5-4-6-9-13/h12-13H,3-11H2,1-2H3. The van der Waals surface area contributed by atoms with E-state index in [4.69, 9.17) is 0 Å². The van der Waals surface area contributed by atoms with Crippen molar-refractivity contribution in [3.05, 3.63) is 0 Å². The normalized spacial score (nSPS) is 20.1. The van der Waals surface area contributed by atoms with E-state index in [9.17, 15) is 4.79 Å². The minimum atomic E-state index is 0.424. The molecule has 88 valence electrons. The van der Waals surface area contributed by atoms with Crippen LogP contribution < -0.4 is 0 Å². The van der Waals surface area contributed by atoms with Crippen LogP contribution in [-0.4, -0.2) is 5.78 Å².